The van der Waals surface area contributed by atoms with Gasteiger partial charge in [-0.3, -0.25) is 4.84 Å². The topological polar surface area (TPSA) is 59.0 Å². The molecule has 1 rings (SSSR count). The molecule has 1 N–H and O–H groups in total. The molecule has 1 amide bonds. The fraction of sp³-hybridized carbons (Fsp3) is 0.800. The molecule has 0 heterocycles. The van der Waals surface area contributed by atoms with Crippen LogP contribution in [0.1, 0.15) is 53.4 Å². The first-order valence-electron chi connectivity index (χ1n) is 7.18. The van der Waals surface area contributed by atoms with E-state index in [-0.39, 0.29) is 12.6 Å². The minimum absolute atomic E-state index is 0.239. The van der Waals surface area contributed by atoms with Crippen LogP contribution in [-0.2, 0) is 9.57 Å². The summed E-state index contributed by atoms with van der Waals surface area (Å²) in [6.07, 6.45) is 2.22. The third kappa shape index (κ3) is 5.51. The van der Waals surface area contributed by atoms with Gasteiger partial charge in [-0.05, 0) is 40.5 Å². The number of aliphatic hydroxyl groups excluding tert-OH is 1. The second kappa shape index (κ2) is 7.09. The van der Waals surface area contributed by atoms with E-state index in [0.29, 0.717) is 6.42 Å². The molecular formula is C15H27NO4. The molecule has 0 aromatic carbocycles. The van der Waals surface area contributed by atoms with Crippen LogP contribution in [0, 0.1) is 0 Å². The Morgan fingerprint density at radius 1 is 1.35 bits per heavy atom. The van der Waals surface area contributed by atoms with E-state index in [4.69, 9.17) is 9.57 Å². The Balaban J connectivity index is 2.77. The molecule has 1 saturated carbocycles. The maximum Gasteiger partial charge on any atom is 0.434 e. The lowest BCUT2D eigenvalue weighted by atomic mass is 9.92. The minimum Gasteiger partial charge on any atom is -0.442 e. The average Bonchev–Trinajstić information content (AvgIpc) is 2.28. The van der Waals surface area contributed by atoms with E-state index in [2.05, 4.69) is 6.58 Å². The van der Waals surface area contributed by atoms with Gasteiger partial charge in [0, 0.05) is 0 Å². The van der Waals surface area contributed by atoms with Crippen LogP contribution < -0.4 is 0 Å². The number of ether oxygens (including phenoxy) is 1. The molecule has 0 saturated heterocycles. The van der Waals surface area contributed by atoms with Gasteiger partial charge in [0.2, 0.25) is 0 Å². The first kappa shape index (κ1) is 17.0. The zero-order valence-corrected chi connectivity index (χ0v) is 13.0. The summed E-state index contributed by atoms with van der Waals surface area (Å²) in [5.41, 5.74) is 0.213. The van der Waals surface area contributed by atoms with Gasteiger partial charge < -0.3 is 9.84 Å². The highest BCUT2D eigenvalue weighted by Gasteiger charge is 2.35. The number of hydrogen-bond donors (Lipinski definition) is 1. The zero-order chi connectivity index (χ0) is 15.3. The standard InChI is InChI=1S/C15H27NO4/c1-11(2)10-19-16(14(18)20-15(3,4)5)12-8-6-7-9-13(12)17/h12-13,17H,1,6-10H2,2-5H3/t12-,13-/m1/s1. The van der Waals surface area contributed by atoms with E-state index in [9.17, 15) is 9.90 Å². The lowest BCUT2D eigenvalue weighted by Gasteiger charge is -2.37. The second-order valence-electron chi connectivity index (χ2n) is 6.46. The summed E-state index contributed by atoms with van der Waals surface area (Å²) in [5.74, 6) is 0. The molecule has 1 aliphatic rings. The van der Waals surface area contributed by atoms with Gasteiger partial charge >= 0.3 is 6.09 Å². The normalized spacial score (nSPS) is 23.2. The Morgan fingerprint density at radius 2 is 1.95 bits per heavy atom. The number of carbonyl (C=O) groups excluding carboxylic acids is 1. The summed E-state index contributed by atoms with van der Waals surface area (Å²) in [7, 11) is 0. The number of amides is 1. The van der Waals surface area contributed by atoms with E-state index in [1.807, 2.05) is 6.92 Å². The molecule has 1 fully saturated rings. The molecule has 1 aliphatic carbocycles. The molecule has 0 radical (unpaired) electrons. The first-order valence-corrected chi connectivity index (χ1v) is 7.18. The average molecular weight is 285 g/mol. The summed E-state index contributed by atoms with van der Waals surface area (Å²) < 4.78 is 5.35. The second-order valence-corrected chi connectivity index (χ2v) is 6.46. The van der Waals surface area contributed by atoms with Gasteiger partial charge in [0.05, 0.1) is 18.8 Å². The third-order valence-electron chi connectivity index (χ3n) is 3.02. The number of aliphatic hydroxyl groups is 1. The largest absolute Gasteiger partial charge is 0.442 e. The van der Waals surface area contributed by atoms with Gasteiger partial charge in [-0.15, -0.1) is 0 Å². The SMILES string of the molecule is C=C(C)CON(C(=O)OC(C)(C)C)[C@@H]1CCCC[C@H]1O. The maximum absolute atomic E-state index is 12.3. The van der Waals surface area contributed by atoms with Gasteiger partial charge in [-0.25, -0.2) is 4.79 Å². The molecule has 0 bridgehead atoms. The van der Waals surface area contributed by atoms with Crippen molar-refractivity contribution in [2.75, 3.05) is 6.61 Å². The molecular weight excluding hydrogens is 258 g/mol. The molecule has 0 aliphatic heterocycles. The molecule has 5 heteroatoms. The Labute approximate surface area is 121 Å². The van der Waals surface area contributed by atoms with Crippen molar-refractivity contribution in [2.45, 2.75) is 71.1 Å². The highest BCUT2D eigenvalue weighted by atomic mass is 16.7. The Bertz CT molecular complexity index is 348. The molecule has 0 unspecified atom stereocenters. The van der Waals surface area contributed by atoms with Crippen LogP contribution >= 0.6 is 0 Å². The van der Waals surface area contributed by atoms with Crippen molar-refractivity contribution in [1.82, 2.24) is 5.06 Å². The monoisotopic (exact) mass is 285 g/mol. The van der Waals surface area contributed by atoms with Gasteiger partial charge in [0.1, 0.15) is 5.60 Å². The van der Waals surface area contributed by atoms with Crippen LogP contribution in [0.25, 0.3) is 0 Å². The van der Waals surface area contributed by atoms with E-state index >= 15 is 0 Å². The fourth-order valence-electron chi connectivity index (χ4n) is 2.14. The molecule has 0 aromatic heterocycles. The smallest absolute Gasteiger partial charge is 0.434 e. The highest BCUT2D eigenvalue weighted by Crippen LogP contribution is 2.25. The Kier molecular flexibility index (Phi) is 6.02. The van der Waals surface area contributed by atoms with Crippen LogP contribution in [-0.4, -0.2) is 40.6 Å². The lowest BCUT2D eigenvalue weighted by molar-refractivity contribution is -0.188. The Hall–Kier alpha value is -1.07. The maximum atomic E-state index is 12.3. The van der Waals surface area contributed by atoms with E-state index < -0.39 is 17.8 Å². The van der Waals surface area contributed by atoms with Crippen molar-refractivity contribution in [3.63, 3.8) is 0 Å². The summed E-state index contributed by atoms with van der Waals surface area (Å²) in [6, 6.07) is -0.349. The zero-order valence-electron chi connectivity index (χ0n) is 13.0. The van der Waals surface area contributed by atoms with E-state index in [1.54, 1.807) is 20.8 Å². The van der Waals surface area contributed by atoms with Crippen LogP contribution in [0.2, 0.25) is 0 Å². The van der Waals surface area contributed by atoms with Crippen molar-refractivity contribution in [3.05, 3.63) is 12.2 Å². The number of hydroxylamine groups is 2. The Morgan fingerprint density at radius 3 is 2.45 bits per heavy atom. The van der Waals surface area contributed by atoms with Crippen molar-refractivity contribution >= 4 is 6.09 Å². The van der Waals surface area contributed by atoms with E-state index in [0.717, 1.165) is 24.8 Å². The van der Waals surface area contributed by atoms with Crippen LogP contribution in [0.15, 0.2) is 12.2 Å². The third-order valence-corrected chi connectivity index (χ3v) is 3.02. The van der Waals surface area contributed by atoms with Gasteiger partial charge in [-0.1, -0.05) is 25.0 Å². The van der Waals surface area contributed by atoms with Gasteiger partial charge in [0.25, 0.3) is 0 Å². The predicted molar refractivity (Wildman–Crippen MR) is 77.1 cm³/mol. The summed E-state index contributed by atoms with van der Waals surface area (Å²) in [4.78, 5) is 17.8. The quantitative estimate of drug-likeness (QED) is 0.637. The van der Waals surface area contributed by atoms with E-state index in [1.165, 1.54) is 5.06 Å². The predicted octanol–water partition coefficient (Wildman–Crippen LogP) is 3.03. The molecule has 2 atom stereocenters. The first-order chi connectivity index (χ1) is 9.20. The number of hydrogen-bond acceptors (Lipinski definition) is 4. The number of carbonyl (C=O) groups is 1. The minimum atomic E-state index is -0.596. The molecule has 0 aromatic rings. The fourth-order valence-corrected chi connectivity index (χ4v) is 2.14. The molecule has 0 spiro atoms. The van der Waals surface area contributed by atoms with Crippen molar-refractivity contribution in [3.8, 4) is 0 Å². The van der Waals surface area contributed by atoms with Crippen LogP contribution in [0.3, 0.4) is 0 Å². The highest BCUT2D eigenvalue weighted by molar-refractivity contribution is 5.67. The summed E-state index contributed by atoms with van der Waals surface area (Å²) in [6.45, 7) is 11.2. The lowest BCUT2D eigenvalue weighted by Crippen LogP contribution is -2.50. The van der Waals surface area contributed by atoms with Crippen molar-refractivity contribution < 1.29 is 19.5 Å². The van der Waals surface area contributed by atoms with Crippen molar-refractivity contribution in [2.24, 2.45) is 0 Å². The van der Waals surface area contributed by atoms with Gasteiger partial charge in [0.15, 0.2) is 0 Å². The molecule has 116 valence electrons. The van der Waals surface area contributed by atoms with Crippen LogP contribution in [0.5, 0.6) is 0 Å². The number of nitrogens with zero attached hydrogens (tertiary/aromatic N) is 1. The molecule has 5 nitrogen and oxygen atoms in total. The number of rotatable bonds is 4. The van der Waals surface area contributed by atoms with Gasteiger partial charge in [-0.2, -0.15) is 5.06 Å². The summed E-state index contributed by atoms with van der Waals surface area (Å²) in [5, 5.41) is 11.3. The van der Waals surface area contributed by atoms with Crippen LogP contribution in [0.4, 0.5) is 4.79 Å². The van der Waals surface area contributed by atoms with Crippen molar-refractivity contribution in [1.29, 1.82) is 0 Å². The summed E-state index contributed by atoms with van der Waals surface area (Å²) >= 11 is 0. The molecule has 20 heavy (non-hydrogen) atoms.